The molecule has 1 N–H and O–H groups in total. The Balaban J connectivity index is 1.33. The minimum atomic E-state index is -4.30. The lowest BCUT2D eigenvalue weighted by Crippen LogP contribution is -2.45. The summed E-state index contributed by atoms with van der Waals surface area (Å²) in [4.78, 5) is 16.4. The fourth-order valence-electron chi connectivity index (χ4n) is 4.30. The van der Waals surface area contributed by atoms with Gasteiger partial charge in [0.25, 0.3) is 0 Å². The van der Waals surface area contributed by atoms with Crippen LogP contribution in [0.3, 0.4) is 0 Å². The number of hydrogen-bond acceptors (Lipinski definition) is 6. The van der Waals surface area contributed by atoms with Crippen molar-refractivity contribution in [3.05, 3.63) is 65.5 Å². The van der Waals surface area contributed by atoms with E-state index in [4.69, 9.17) is 9.97 Å². The van der Waals surface area contributed by atoms with E-state index in [0.717, 1.165) is 85.9 Å². The molecule has 0 radical (unpaired) electrons. The first-order valence-electron chi connectivity index (χ1n) is 12.0. The van der Waals surface area contributed by atoms with E-state index in [9.17, 15) is 13.2 Å². The summed E-state index contributed by atoms with van der Waals surface area (Å²) in [5, 5.41) is 4.52. The molecule has 0 bridgehead atoms. The van der Waals surface area contributed by atoms with Crippen molar-refractivity contribution < 1.29 is 13.2 Å². The molecule has 0 unspecified atom stereocenters. The van der Waals surface area contributed by atoms with Gasteiger partial charge in [-0.1, -0.05) is 24.3 Å². The molecule has 1 aliphatic rings. The molecule has 0 spiro atoms. The Kier molecular flexibility index (Phi) is 8.20. The fraction of sp³-hybridized carbons (Fsp3) is 0.462. The minimum absolute atomic E-state index is 0.604. The maximum Gasteiger partial charge on any atom is 0.416 e. The van der Waals surface area contributed by atoms with Crippen molar-refractivity contribution in [2.24, 2.45) is 0 Å². The van der Waals surface area contributed by atoms with Gasteiger partial charge in [0.15, 0.2) is 0 Å². The van der Waals surface area contributed by atoms with Crippen molar-refractivity contribution in [3.63, 3.8) is 0 Å². The number of para-hydroxylation sites is 1. The molecule has 0 aliphatic carbocycles. The quantitative estimate of drug-likeness (QED) is 0.455. The van der Waals surface area contributed by atoms with E-state index in [1.807, 2.05) is 24.3 Å². The lowest BCUT2D eigenvalue weighted by molar-refractivity contribution is -0.137. The lowest BCUT2D eigenvalue weighted by Gasteiger charge is -2.34. The van der Waals surface area contributed by atoms with E-state index >= 15 is 0 Å². The Bertz CT molecular complexity index is 1090. The summed E-state index contributed by atoms with van der Waals surface area (Å²) >= 11 is 0. The Morgan fingerprint density at radius 3 is 2.20 bits per heavy atom. The molecule has 1 aliphatic heterocycles. The predicted octanol–water partition coefficient (Wildman–Crippen LogP) is 4.33. The SMILES string of the molecule is CN(C)CCCNc1nc(CN2CCN(Cc3ccc(C(F)(F)F)cc3)CC2)nc2ccccc12. The number of nitrogens with one attached hydrogen (secondary N) is 1. The monoisotopic (exact) mass is 486 g/mol. The number of benzene rings is 2. The molecule has 2 heterocycles. The fourth-order valence-corrected chi connectivity index (χ4v) is 4.30. The van der Waals surface area contributed by atoms with Crippen LogP contribution >= 0.6 is 0 Å². The number of piperazine rings is 1. The molecule has 188 valence electrons. The van der Waals surface area contributed by atoms with Gasteiger partial charge in [0.1, 0.15) is 11.6 Å². The second-order valence-electron chi connectivity index (χ2n) is 9.34. The third-order valence-electron chi connectivity index (χ3n) is 6.24. The van der Waals surface area contributed by atoms with E-state index in [0.29, 0.717) is 13.1 Å². The van der Waals surface area contributed by atoms with Crippen LogP contribution in [0.2, 0.25) is 0 Å². The van der Waals surface area contributed by atoms with Gasteiger partial charge in [0, 0.05) is 44.7 Å². The van der Waals surface area contributed by atoms with Crippen LogP contribution in [0.15, 0.2) is 48.5 Å². The average Bonchev–Trinajstić information content (AvgIpc) is 2.83. The first-order valence-corrected chi connectivity index (χ1v) is 12.0. The first kappa shape index (κ1) is 25.3. The van der Waals surface area contributed by atoms with Gasteiger partial charge in [-0.3, -0.25) is 9.80 Å². The molecule has 0 saturated carbocycles. The maximum absolute atomic E-state index is 12.8. The van der Waals surface area contributed by atoms with Gasteiger partial charge in [-0.05, 0) is 56.9 Å². The number of hydrogen-bond donors (Lipinski definition) is 1. The van der Waals surface area contributed by atoms with E-state index < -0.39 is 11.7 Å². The number of rotatable bonds is 9. The molecular formula is C26H33F3N6. The lowest BCUT2D eigenvalue weighted by atomic mass is 10.1. The molecule has 6 nitrogen and oxygen atoms in total. The molecule has 1 saturated heterocycles. The highest BCUT2D eigenvalue weighted by Crippen LogP contribution is 2.29. The Morgan fingerprint density at radius 1 is 0.886 bits per heavy atom. The van der Waals surface area contributed by atoms with E-state index in [2.05, 4.69) is 34.1 Å². The summed E-state index contributed by atoms with van der Waals surface area (Å²) < 4.78 is 38.4. The highest BCUT2D eigenvalue weighted by Gasteiger charge is 2.30. The smallest absolute Gasteiger partial charge is 0.369 e. The standard InChI is InChI=1S/C26H33F3N6/c1-33(2)13-5-12-30-25-22-6-3-4-7-23(22)31-24(32-25)19-35-16-14-34(15-17-35)18-20-8-10-21(11-9-20)26(27,28)29/h3-4,6-11H,5,12-19H2,1-2H3,(H,30,31,32). The van der Waals surface area contributed by atoms with Crippen LogP contribution in [0.1, 0.15) is 23.4 Å². The van der Waals surface area contributed by atoms with E-state index in [1.54, 1.807) is 12.1 Å². The molecule has 9 heteroatoms. The van der Waals surface area contributed by atoms with Crippen LogP contribution in [0.25, 0.3) is 10.9 Å². The number of anilines is 1. The van der Waals surface area contributed by atoms with Crippen molar-refractivity contribution in [2.75, 3.05) is 58.7 Å². The first-order chi connectivity index (χ1) is 16.8. The highest BCUT2D eigenvalue weighted by molar-refractivity contribution is 5.88. The Labute approximate surface area is 204 Å². The Hall–Kier alpha value is -2.75. The van der Waals surface area contributed by atoms with Crippen LogP contribution in [0.5, 0.6) is 0 Å². The summed E-state index contributed by atoms with van der Waals surface area (Å²) in [6, 6.07) is 13.5. The molecule has 0 atom stereocenters. The maximum atomic E-state index is 12.8. The van der Waals surface area contributed by atoms with E-state index in [-0.39, 0.29) is 0 Å². The second-order valence-corrected chi connectivity index (χ2v) is 9.34. The van der Waals surface area contributed by atoms with Gasteiger partial charge in [-0.25, -0.2) is 9.97 Å². The summed E-state index contributed by atoms with van der Waals surface area (Å²) in [5.41, 5.74) is 1.23. The number of fused-ring (bicyclic) bond motifs is 1. The topological polar surface area (TPSA) is 47.5 Å². The van der Waals surface area contributed by atoms with Gasteiger partial charge in [0.2, 0.25) is 0 Å². The average molecular weight is 487 g/mol. The highest BCUT2D eigenvalue weighted by atomic mass is 19.4. The van der Waals surface area contributed by atoms with Crippen molar-refractivity contribution in [1.82, 2.24) is 24.7 Å². The molecular weight excluding hydrogens is 453 g/mol. The number of nitrogens with zero attached hydrogens (tertiary/aromatic N) is 5. The molecule has 1 aromatic heterocycles. The number of aromatic nitrogens is 2. The second kappa shape index (κ2) is 11.3. The number of alkyl halides is 3. The van der Waals surface area contributed by atoms with Crippen LogP contribution in [0.4, 0.5) is 19.0 Å². The third-order valence-corrected chi connectivity index (χ3v) is 6.24. The van der Waals surface area contributed by atoms with Crippen LogP contribution < -0.4 is 5.32 Å². The van der Waals surface area contributed by atoms with Crippen molar-refractivity contribution in [2.45, 2.75) is 25.7 Å². The zero-order valence-corrected chi connectivity index (χ0v) is 20.4. The molecule has 35 heavy (non-hydrogen) atoms. The zero-order valence-electron chi connectivity index (χ0n) is 20.4. The van der Waals surface area contributed by atoms with Gasteiger partial charge in [0.05, 0.1) is 17.6 Å². The minimum Gasteiger partial charge on any atom is -0.369 e. The molecule has 4 rings (SSSR count). The van der Waals surface area contributed by atoms with Gasteiger partial charge >= 0.3 is 6.18 Å². The largest absolute Gasteiger partial charge is 0.416 e. The Morgan fingerprint density at radius 2 is 1.54 bits per heavy atom. The van der Waals surface area contributed by atoms with Gasteiger partial charge in [-0.2, -0.15) is 13.2 Å². The molecule has 0 amide bonds. The summed E-state index contributed by atoms with van der Waals surface area (Å²) in [5.74, 6) is 1.68. The normalized spacial score (nSPS) is 15.7. The van der Waals surface area contributed by atoms with E-state index in [1.165, 1.54) is 0 Å². The van der Waals surface area contributed by atoms with Gasteiger partial charge in [-0.15, -0.1) is 0 Å². The molecule has 3 aromatic rings. The summed E-state index contributed by atoms with van der Waals surface area (Å²) in [7, 11) is 4.14. The predicted molar refractivity (Wildman–Crippen MR) is 133 cm³/mol. The molecule has 1 fully saturated rings. The van der Waals surface area contributed by atoms with Crippen molar-refractivity contribution in [3.8, 4) is 0 Å². The third kappa shape index (κ3) is 7.13. The van der Waals surface area contributed by atoms with Crippen LogP contribution in [-0.2, 0) is 19.3 Å². The van der Waals surface area contributed by atoms with Gasteiger partial charge < -0.3 is 10.2 Å². The number of halogens is 3. The molecule has 2 aromatic carbocycles. The van der Waals surface area contributed by atoms with Crippen molar-refractivity contribution >= 4 is 16.7 Å². The zero-order chi connectivity index (χ0) is 24.8. The van der Waals surface area contributed by atoms with Crippen LogP contribution in [-0.4, -0.2) is 78.0 Å². The summed E-state index contributed by atoms with van der Waals surface area (Å²) in [6.07, 6.45) is -3.27. The summed E-state index contributed by atoms with van der Waals surface area (Å²) in [6.45, 7) is 6.62. The van der Waals surface area contributed by atoms with Crippen LogP contribution in [0, 0.1) is 0 Å². The van der Waals surface area contributed by atoms with Crippen molar-refractivity contribution in [1.29, 1.82) is 0 Å².